The van der Waals surface area contributed by atoms with Gasteiger partial charge in [0, 0.05) is 82.2 Å². The molecule has 121 heavy (non-hydrogen) atoms. The van der Waals surface area contributed by atoms with Crippen LogP contribution < -0.4 is 5.73 Å². The second-order valence-electron chi connectivity index (χ2n) is 50.4. The maximum atomic E-state index is 12.4. The van der Waals surface area contributed by atoms with Gasteiger partial charge in [0.2, 0.25) is 0 Å². The highest BCUT2D eigenvalue weighted by molar-refractivity contribution is 5.87. The van der Waals surface area contributed by atoms with Gasteiger partial charge < -0.3 is 58.7 Å². The summed E-state index contributed by atoms with van der Waals surface area (Å²) in [4.78, 5) is 18.0. The first kappa shape index (κ1) is 87.5. The van der Waals surface area contributed by atoms with E-state index in [0.29, 0.717) is 44.8 Å². The van der Waals surface area contributed by atoms with Crippen molar-refractivity contribution in [2.45, 2.75) is 412 Å². The normalized spacial score (nSPS) is 54.5. The van der Waals surface area contributed by atoms with Crippen LogP contribution in [0.4, 0.5) is 0 Å². The third-order valence-corrected chi connectivity index (χ3v) is 47.1. The fraction of sp³-hybridized carbons (Fsp3) is 0.990. The van der Waals surface area contributed by atoms with Gasteiger partial charge in [-0.15, -0.1) is 0 Å². The van der Waals surface area contributed by atoms with E-state index in [9.17, 15) is 15.0 Å². The molecule has 24 rings (SSSR count). The van der Waals surface area contributed by atoms with Crippen LogP contribution in [0.2, 0.25) is 0 Å². The van der Waals surface area contributed by atoms with Crippen molar-refractivity contribution in [3.05, 3.63) is 10.4 Å². The van der Waals surface area contributed by atoms with Gasteiger partial charge in [-0.2, -0.15) is 0 Å². The minimum Gasteiger partial charge on any atom is -0.393 e. The number of nitrogens with zero attached hydrogens (tertiary/aromatic N) is 4. The molecule has 20 saturated carbocycles. The quantitative estimate of drug-likeness (QED) is 0.134. The predicted molar refractivity (Wildman–Crippen MR) is 473 cm³/mol. The molecule has 4 aliphatic heterocycles. The summed E-state index contributed by atoms with van der Waals surface area (Å²) in [5.41, 5.74) is 18.6. The number of rotatable bonds is 2. The maximum Gasteiger partial charge on any atom is 0.174 e. The smallest absolute Gasteiger partial charge is 0.174 e. The van der Waals surface area contributed by atoms with Gasteiger partial charge in [-0.25, -0.2) is 0 Å². The molecular weight excluding hydrogens is 1510 g/mol. The molecule has 16 heteroatoms. The summed E-state index contributed by atoms with van der Waals surface area (Å²) in [6.07, 6.45) is 56.4. The molecule has 4 N–H and O–H groups in total. The topological polar surface area (TPSA) is 209 Å². The molecule has 24 aliphatic rings. The Morgan fingerprint density at radius 2 is 0.628 bits per heavy atom. The van der Waals surface area contributed by atoms with E-state index in [1.165, 1.54) is 205 Å². The van der Waals surface area contributed by atoms with Gasteiger partial charge in [-0.3, -0.25) is 4.79 Å². The van der Waals surface area contributed by atoms with E-state index in [-0.39, 0.29) is 68.5 Å². The number of nitrogens with two attached hydrogens (primary N) is 1. The highest BCUT2D eigenvalue weighted by Crippen LogP contribution is 2.76. The van der Waals surface area contributed by atoms with Crippen molar-refractivity contribution >= 4 is 5.78 Å². The molecule has 4 spiro atoms. The van der Waals surface area contributed by atoms with Crippen LogP contribution in [0.5, 0.6) is 0 Å². The molecule has 10 unspecified atom stereocenters. The van der Waals surface area contributed by atoms with Crippen LogP contribution in [0.1, 0.15) is 358 Å². The molecule has 16 nitrogen and oxygen atoms in total. The van der Waals surface area contributed by atoms with Gasteiger partial charge >= 0.3 is 0 Å². The number of Topliss-reactive ketones (excluding diaryl/α,β-unsaturated/α-hetero) is 1. The molecule has 682 valence electrons. The summed E-state index contributed by atoms with van der Waals surface area (Å²) in [7, 11) is 4.56. The minimum absolute atomic E-state index is 0.0124. The Hall–Kier alpha value is -1.50. The Balaban J connectivity index is 0.0000000966. The van der Waals surface area contributed by atoms with Gasteiger partial charge in [0.25, 0.3) is 0 Å². The number of hydrogen-bond donors (Lipinski definition) is 3. The van der Waals surface area contributed by atoms with Gasteiger partial charge in [-0.05, 0) is 422 Å². The molecule has 24 fully saturated rings. The fourth-order valence-electron chi connectivity index (χ4n) is 40.2. The monoisotopic (exact) mass is 1680 g/mol. The van der Waals surface area contributed by atoms with Crippen molar-refractivity contribution in [3.8, 4) is 0 Å². The lowest BCUT2D eigenvalue weighted by atomic mass is 9.44. The van der Waals surface area contributed by atoms with E-state index in [4.69, 9.17) is 49.2 Å². The van der Waals surface area contributed by atoms with Gasteiger partial charge in [0.1, 0.15) is 5.78 Å². The van der Waals surface area contributed by atoms with E-state index in [0.717, 1.165) is 255 Å². The average molecular weight is 1680 g/mol. The van der Waals surface area contributed by atoms with Crippen LogP contribution in [0.15, 0.2) is 5.11 Å². The van der Waals surface area contributed by atoms with Crippen LogP contribution in [-0.4, -0.2) is 141 Å². The lowest BCUT2D eigenvalue weighted by Gasteiger charge is -2.62. The minimum atomic E-state index is -0.278. The molecule has 0 aromatic rings. The molecule has 0 aromatic heterocycles. The number of ketones is 1. The first-order chi connectivity index (χ1) is 57.8. The molecular formula is C105H171N5O11. The first-order valence-corrected chi connectivity index (χ1v) is 52.3. The van der Waals surface area contributed by atoms with Crippen molar-refractivity contribution < 1.29 is 52.9 Å². The van der Waals surface area contributed by atoms with Gasteiger partial charge in [-0.1, -0.05) is 74.4 Å². The molecule has 0 bridgehead atoms. The number of aliphatic hydroxyl groups excluding tert-OH is 2. The van der Waals surface area contributed by atoms with Crippen LogP contribution in [0, 0.1) is 173 Å². The Morgan fingerprint density at radius 1 is 0.331 bits per heavy atom. The molecule has 0 radical (unpaired) electrons. The third kappa shape index (κ3) is 13.3. The molecule has 4 heterocycles. The van der Waals surface area contributed by atoms with Crippen molar-refractivity contribution in [2.75, 3.05) is 67.0 Å². The second kappa shape index (κ2) is 31.9. The van der Waals surface area contributed by atoms with Gasteiger partial charge in [0.05, 0.1) is 65.1 Å². The Labute approximate surface area is 731 Å². The highest BCUT2D eigenvalue weighted by atomic mass is 16.8. The largest absolute Gasteiger partial charge is 0.393 e. The summed E-state index contributed by atoms with van der Waals surface area (Å²) in [5, 5.41) is 24.3. The zero-order valence-electron chi connectivity index (χ0n) is 78.3. The highest BCUT2D eigenvalue weighted by Gasteiger charge is 2.73. The number of ether oxygens (including phenoxy) is 8. The number of fused-ring (bicyclic) bond motifs is 29. The Morgan fingerprint density at radius 3 is 0.983 bits per heavy atom. The van der Waals surface area contributed by atoms with Crippen LogP contribution >= 0.6 is 0 Å². The van der Waals surface area contributed by atoms with Crippen molar-refractivity contribution in [1.82, 2.24) is 4.90 Å². The standard InChI is InChI=1S/C23H39NO2.C21H33N3O2.C21H35NO2.C21H34O3.C19H30O2/c1-21-10-7-17(24(3)4)15-16(21)5-6-18-19(21)8-11-22(2)20(18)9-12-23(22)25-13-14-26-23;1-19-8-5-15(23-24-22)13-14(19)3-4-16-17(19)6-9-20(2)18(16)7-10-21(20)25-11-12-26-21;2*1-19-8-5-15(22)13-14(19)3-4-16-17(19)6-9-20(2)18(16)7-10-21(20)23-11-12-24-21;1-18-9-7-13(20)11-12(18)3-4-14-15-5-6-17(21)19(15,2)10-8-16(14)18/h16-20H,5-15H2,1-4H3;14-18H,3-13H2,1-2H3;14-18H,3-13,22H2,1-2H3;14-18,22H,3-13H2,1-2H3;12-16,20H,3-11H2,1-2H3/t16?,17-,18+,19?,20-,21-,22-;2*14?,15-,16+,17?,18-,19-,20-;14?,15-,16-,17?,18+,19+,20+;12?,13-,14+,15+,16?,18+,19+/m00011/s1. The maximum absolute atomic E-state index is 12.4. The SMILES string of the molecule is CN(C)[C@H]1CC[C@@]2(C)C(CC[C@@H]3C2CC[C@@]2(C)[C@H]3CCC23OCCO3)C1.C[C@]12CC[C@@H](O)CC1CC[C@@H]1C2CC[C@@]2(C)[C@H]1CCC21OCCO1.C[C@]12CC[C@@H](O)CC1CC[C@@H]1C2CC[C@]2(C)C(=O)CC[C@@H]12.C[C@]12CC[C@H](N)CC1CC[C@@H]1C2CC[C@@]2(C)[C@H]1CCC21OCCO1.C[C@]12CC[C@H](N=[N+]=[N-])CC1CC[C@@H]1C2CC[C@@]2(C)[C@H]1CCC21OCCO1. The number of carbonyl (C=O) groups excluding carboxylic acids is 1. The van der Waals surface area contributed by atoms with E-state index in [1.807, 2.05) is 0 Å². The predicted octanol–water partition coefficient (Wildman–Crippen LogP) is 22.3. The van der Waals surface area contributed by atoms with Crippen LogP contribution in [-0.2, 0) is 42.7 Å². The third-order valence-electron chi connectivity index (χ3n) is 47.1. The zero-order valence-corrected chi connectivity index (χ0v) is 78.3. The summed E-state index contributed by atoms with van der Waals surface area (Å²) < 4.78 is 50.1. The van der Waals surface area contributed by atoms with Crippen molar-refractivity contribution in [2.24, 2.45) is 183 Å². The molecule has 4 saturated heterocycles. The molecule has 35 atom stereocenters. The number of hydrogen-bond acceptors (Lipinski definition) is 14. The zero-order chi connectivity index (χ0) is 84.1. The van der Waals surface area contributed by atoms with Crippen LogP contribution in [0.3, 0.4) is 0 Å². The van der Waals surface area contributed by atoms with Crippen LogP contribution in [0.25, 0.3) is 10.4 Å². The molecule has 0 aromatic carbocycles. The number of aliphatic hydroxyl groups is 2. The Kier molecular flexibility index (Phi) is 23.1. The number of azide groups is 1. The summed E-state index contributed by atoms with van der Waals surface area (Å²) in [6.45, 7) is 31.5. The lowest BCUT2D eigenvalue weighted by molar-refractivity contribution is -0.248. The van der Waals surface area contributed by atoms with Crippen molar-refractivity contribution in [3.63, 3.8) is 0 Å². The second-order valence-corrected chi connectivity index (χ2v) is 50.4. The first-order valence-electron chi connectivity index (χ1n) is 52.3. The number of carbonyl (C=O) groups is 1. The van der Waals surface area contributed by atoms with E-state index in [2.05, 4.69) is 98.3 Å². The summed E-state index contributed by atoms with van der Waals surface area (Å²) >= 11 is 0. The molecule has 20 aliphatic carbocycles. The van der Waals surface area contributed by atoms with E-state index in [1.54, 1.807) is 0 Å². The summed E-state index contributed by atoms with van der Waals surface area (Å²) in [5.74, 6) is 16.1. The van der Waals surface area contributed by atoms with Gasteiger partial charge in [0.15, 0.2) is 23.1 Å². The fourth-order valence-corrected chi connectivity index (χ4v) is 40.2. The van der Waals surface area contributed by atoms with E-state index >= 15 is 0 Å². The average Bonchev–Trinajstić information content (AvgIpc) is 1.57. The van der Waals surface area contributed by atoms with Crippen molar-refractivity contribution in [1.29, 1.82) is 0 Å². The Bertz CT molecular complexity index is 3680. The summed E-state index contributed by atoms with van der Waals surface area (Å²) in [6, 6.07) is 1.51. The van der Waals surface area contributed by atoms with E-state index < -0.39 is 0 Å². The lowest BCUT2D eigenvalue weighted by Crippen LogP contribution is -2.57. The molecule has 0 amide bonds.